The van der Waals surface area contributed by atoms with Gasteiger partial charge in [-0.1, -0.05) is 39.9 Å². The molecule has 0 amide bonds. The Balaban J connectivity index is 3.24. The van der Waals surface area contributed by atoms with Crippen molar-refractivity contribution < 1.29 is 19.1 Å². The van der Waals surface area contributed by atoms with Crippen LogP contribution >= 0.6 is 0 Å². The van der Waals surface area contributed by atoms with Crippen LogP contribution < -0.4 is 0 Å². The first-order valence-corrected chi connectivity index (χ1v) is 13.4. The molecule has 1 unspecified atom stereocenters. The van der Waals surface area contributed by atoms with Gasteiger partial charge in [0.25, 0.3) is 0 Å². The number of hydrogen-bond acceptors (Lipinski definition) is 4. The summed E-state index contributed by atoms with van der Waals surface area (Å²) >= 11 is 0. The maximum Gasteiger partial charge on any atom is 0.323 e. The Kier molecular flexibility index (Phi) is 7.95. The van der Waals surface area contributed by atoms with E-state index in [2.05, 4.69) is 45.0 Å². The van der Waals surface area contributed by atoms with Crippen molar-refractivity contribution in [2.75, 3.05) is 13.2 Å². The van der Waals surface area contributed by atoms with Crippen molar-refractivity contribution in [1.82, 2.24) is 0 Å². The van der Waals surface area contributed by atoms with E-state index in [1.165, 1.54) is 0 Å². The zero-order valence-electron chi connectivity index (χ0n) is 17.7. The van der Waals surface area contributed by atoms with Gasteiger partial charge in [0.2, 0.25) is 0 Å². The third-order valence-corrected chi connectivity index (χ3v) is 6.16. The van der Waals surface area contributed by atoms with Crippen LogP contribution in [0.5, 0.6) is 0 Å². The molecule has 0 spiro atoms. The Bertz CT molecular complexity index is 545. The normalized spacial score (nSPS) is 21.3. The second-order valence-corrected chi connectivity index (χ2v) is 13.6. The Hall–Kier alpha value is -1.28. The highest BCUT2D eigenvalue weighted by Gasteiger charge is 2.60. The molecule has 26 heavy (non-hydrogen) atoms. The minimum atomic E-state index is -1.43. The summed E-state index contributed by atoms with van der Waals surface area (Å²) in [7, 11) is -1.43. The lowest BCUT2D eigenvalue weighted by atomic mass is 9.54. The molecule has 1 aliphatic carbocycles. The van der Waals surface area contributed by atoms with Crippen LogP contribution in [0.25, 0.3) is 0 Å². The number of carbonyl (C=O) groups is 2. The van der Waals surface area contributed by atoms with Gasteiger partial charge in [-0.15, -0.1) is 11.5 Å². The fraction of sp³-hybridized carbons (Fsp3) is 0.810. The van der Waals surface area contributed by atoms with E-state index < -0.39 is 25.4 Å². The standard InChI is InChI=1S/C21H36O4Si/c1-8-24-18(22)21(19(23)25-9-2)15-12-14-20(3,4)17(21)13-10-11-16-26(5,6)7/h17H,8-10,12-15H2,1-7H3. The first kappa shape index (κ1) is 22.8. The van der Waals surface area contributed by atoms with Crippen molar-refractivity contribution in [3.05, 3.63) is 0 Å². The summed E-state index contributed by atoms with van der Waals surface area (Å²) in [5.41, 5.74) is 2.04. The maximum absolute atomic E-state index is 13.0. The molecule has 1 saturated carbocycles. The number of hydrogen-bond donors (Lipinski definition) is 0. The van der Waals surface area contributed by atoms with E-state index in [9.17, 15) is 9.59 Å². The Morgan fingerprint density at radius 1 is 1.04 bits per heavy atom. The van der Waals surface area contributed by atoms with E-state index in [0.717, 1.165) is 12.8 Å². The van der Waals surface area contributed by atoms with Crippen LogP contribution in [0.15, 0.2) is 0 Å². The van der Waals surface area contributed by atoms with Gasteiger partial charge < -0.3 is 9.47 Å². The average molecular weight is 381 g/mol. The predicted octanol–water partition coefficient (Wildman–Crippen LogP) is 4.59. The highest BCUT2D eigenvalue weighted by atomic mass is 28.3. The van der Waals surface area contributed by atoms with Gasteiger partial charge in [-0.05, 0) is 44.4 Å². The largest absolute Gasteiger partial charge is 0.465 e. The van der Waals surface area contributed by atoms with E-state index in [4.69, 9.17) is 9.47 Å². The van der Waals surface area contributed by atoms with Crippen LogP contribution in [0.4, 0.5) is 0 Å². The zero-order valence-corrected chi connectivity index (χ0v) is 18.7. The molecule has 0 aromatic heterocycles. The van der Waals surface area contributed by atoms with Crippen molar-refractivity contribution in [2.24, 2.45) is 16.7 Å². The van der Waals surface area contributed by atoms with Crippen LogP contribution in [0.1, 0.15) is 59.8 Å². The van der Waals surface area contributed by atoms with E-state index in [-0.39, 0.29) is 24.5 Å². The van der Waals surface area contributed by atoms with Gasteiger partial charge >= 0.3 is 11.9 Å². The fourth-order valence-corrected chi connectivity index (χ4v) is 4.77. The number of rotatable bonds is 6. The second-order valence-electron chi connectivity index (χ2n) is 8.90. The van der Waals surface area contributed by atoms with E-state index >= 15 is 0 Å². The molecule has 0 aromatic carbocycles. The summed E-state index contributed by atoms with van der Waals surface area (Å²) in [4.78, 5) is 25.9. The van der Waals surface area contributed by atoms with Crippen LogP contribution in [0, 0.1) is 28.2 Å². The third kappa shape index (κ3) is 5.36. The number of esters is 2. The molecule has 148 valence electrons. The smallest absolute Gasteiger partial charge is 0.323 e. The van der Waals surface area contributed by atoms with Gasteiger partial charge in [-0.3, -0.25) is 9.59 Å². The second kappa shape index (κ2) is 9.08. The lowest BCUT2D eigenvalue weighted by molar-refractivity contribution is -0.186. The minimum absolute atomic E-state index is 0.127. The van der Waals surface area contributed by atoms with Crippen molar-refractivity contribution in [1.29, 1.82) is 0 Å². The summed E-state index contributed by atoms with van der Waals surface area (Å²) in [5, 5.41) is 0. The molecule has 1 rings (SSSR count). The van der Waals surface area contributed by atoms with Crippen molar-refractivity contribution in [2.45, 2.75) is 79.4 Å². The Labute approximate surface area is 160 Å². The molecule has 0 heterocycles. The first-order chi connectivity index (χ1) is 12.0. The summed E-state index contributed by atoms with van der Waals surface area (Å²) in [6.07, 6.45) is 3.71. The SMILES string of the molecule is CCOC(=O)C1(C(=O)OCC)CCCC(C)(C)C1CCC#C[Si](C)(C)C. The highest BCUT2D eigenvalue weighted by Crippen LogP contribution is 2.54. The van der Waals surface area contributed by atoms with Crippen LogP contribution in [0.2, 0.25) is 19.6 Å². The zero-order chi connectivity index (χ0) is 20.0. The fourth-order valence-electron chi connectivity index (χ4n) is 4.11. The number of ether oxygens (including phenoxy) is 2. The third-order valence-electron chi connectivity index (χ3n) is 5.23. The van der Waals surface area contributed by atoms with Gasteiger partial charge in [0.1, 0.15) is 8.07 Å². The van der Waals surface area contributed by atoms with Crippen molar-refractivity contribution in [3.8, 4) is 11.5 Å². The Morgan fingerprint density at radius 3 is 2.04 bits per heavy atom. The van der Waals surface area contributed by atoms with E-state index in [1.807, 2.05) is 0 Å². The molecule has 1 atom stereocenters. The first-order valence-electron chi connectivity index (χ1n) is 9.85. The van der Waals surface area contributed by atoms with Gasteiger partial charge in [0, 0.05) is 6.42 Å². The van der Waals surface area contributed by atoms with Gasteiger partial charge in [0.15, 0.2) is 5.41 Å². The quantitative estimate of drug-likeness (QED) is 0.293. The molecule has 1 aliphatic rings. The van der Waals surface area contributed by atoms with Crippen molar-refractivity contribution >= 4 is 20.0 Å². The molecular formula is C21H36O4Si. The molecule has 0 bridgehead atoms. The van der Waals surface area contributed by atoms with E-state index in [0.29, 0.717) is 19.3 Å². The van der Waals surface area contributed by atoms with Crippen LogP contribution in [-0.2, 0) is 19.1 Å². The van der Waals surface area contributed by atoms with Gasteiger partial charge in [0.05, 0.1) is 13.2 Å². The van der Waals surface area contributed by atoms with Gasteiger partial charge in [-0.25, -0.2) is 0 Å². The molecule has 0 N–H and O–H groups in total. The molecule has 0 aromatic rings. The minimum Gasteiger partial charge on any atom is -0.465 e. The van der Waals surface area contributed by atoms with Crippen molar-refractivity contribution in [3.63, 3.8) is 0 Å². The summed E-state index contributed by atoms with van der Waals surface area (Å²) in [5.74, 6) is 2.33. The predicted molar refractivity (Wildman–Crippen MR) is 107 cm³/mol. The van der Waals surface area contributed by atoms with Gasteiger partial charge in [-0.2, -0.15) is 0 Å². The molecule has 4 nitrogen and oxygen atoms in total. The molecule has 0 saturated heterocycles. The lowest BCUT2D eigenvalue weighted by Crippen LogP contribution is -2.54. The topological polar surface area (TPSA) is 52.6 Å². The monoisotopic (exact) mass is 380 g/mol. The van der Waals surface area contributed by atoms with Crippen LogP contribution in [-0.4, -0.2) is 33.2 Å². The number of carbonyl (C=O) groups excluding carboxylic acids is 2. The average Bonchev–Trinajstić information content (AvgIpc) is 2.51. The summed E-state index contributed by atoms with van der Waals surface area (Å²) in [6, 6.07) is 0. The molecule has 5 heteroatoms. The highest BCUT2D eigenvalue weighted by molar-refractivity contribution is 6.83. The van der Waals surface area contributed by atoms with E-state index in [1.54, 1.807) is 13.8 Å². The molecule has 0 aliphatic heterocycles. The summed E-state index contributed by atoms with van der Waals surface area (Å²) < 4.78 is 10.7. The van der Waals surface area contributed by atoms with Crippen LogP contribution in [0.3, 0.4) is 0 Å². The lowest BCUT2D eigenvalue weighted by Gasteiger charge is -2.49. The summed E-state index contributed by atoms with van der Waals surface area (Å²) in [6.45, 7) is 15.0. The molecule has 0 radical (unpaired) electrons. The maximum atomic E-state index is 13.0. The molecular weight excluding hydrogens is 344 g/mol. The molecule has 1 fully saturated rings. The Morgan fingerprint density at radius 2 is 1.58 bits per heavy atom.